The van der Waals surface area contributed by atoms with Gasteiger partial charge >= 0.3 is 5.97 Å². The van der Waals surface area contributed by atoms with Crippen LogP contribution in [0.4, 0.5) is 0 Å². The Kier molecular flexibility index (Phi) is 4.08. The summed E-state index contributed by atoms with van der Waals surface area (Å²) in [6, 6.07) is 0. The standard InChI is InChI=1S/C9H11BrO2/c10-5-3-1-2-4-8-6-9(11)12-7-8/h1,3,6H,2,4-5,7H2/b3-1+. The van der Waals surface area contributed by atoms with Crippen LogP contribution < -0.4 is 0 Å². The predicted octanol–water partition coefficient (Wildman–Crippen LogP) is 2.20. The smallest absolute Gasteiger partial charge is 0.331 e. The fraction of sp³-hybridized carbons (Fsp3) is 0.444. The summed E-state index contributed by atoms with van der Waals surface area (Å²) in [5.41, 5.74) is 1.10. The van der Waals surface area contributed by atoms with Crippen LogP contribution in [-0.2, 0) is 9.53 Å². The van der Waals surface area contributed by atoms with E-state index in [1.54, 1.807) is 6.08 Å². The van der Waals surface area contributed by atoms with Crippen molar-refractivity contribution in [3.05, 3.63) is 23.8 Å². The molecular formula is C9H11BrO2. The van der Waals surface area contributed by atoms with Gasteiger partial charge in [-0.1, -0.05) is 28.1 Å². The van der Waals surface area contributed by atoms with Crippen LogP contribution in [0.2, 0.25) is 0 Å². The molecular weight excluding hydrogens is 220 g/mol. The van der Waals surface area contributed by atoms with Crippen LogP contribution >= 0.6 is 15.9 Å². The minimum absolute atomic E-state index is 0.200. The van der Waals surface area contributed by atoms with E-state index in [1.165, 1.54) is 0 Å². The molecule has 12 heavy (non-hydrogen) atoms. The van der Waals surface area contributed by atoms with Gasteiger partial charge in [0, 0.05) is 11.4 Å². The highest BCUT2D eigenvalue weighted by Crippen LogP contribution is 2.12. The van der Waals surface area contributed by atoms with Crippen LogP contribution in [0.1, 0.15) is 12.8 Å². The molecule has 0 fully saturated rings. The van der Waals surface area contributed by atoms with Gasteiger partial charge in [-0.05, 0) is 18.4 Å². The molecule has 0 saturated carbocycles. The third-order valence-corrected chi connectivity index (χ3v) is 1.98. The summed E-state index contributed by atoms with van der Waals surface area (Å²) in [5, 5.41) is 0.890. The van der Waals surface area contributed by atoms with E-state index in [1.807, 2.05) is 0 Å². The maximum atomic E-state index is 10.6. The Labute approximate surface area is 80.4 Å². The van der Waals surface area contributed by atoms with E-state index in [-0.39, 0.29) is 5.97 Å². The lowest BCUT2D eigenvalue weighted by Crippen LogP contribution is -1.91. The molecule has 0 spiro atoms. The number of halogens is 1. The molecule has 0 atom stereocenters. The van der Waals surface area contributed by atoms with Crippen molar-refractivity contribution in [1.82, 2.24) is 0 Å². The van der Waals surface area contributed by atoms with Gasteiger partial charge in [0.2, 0.25) is 0 Å². The van der Waals surface area contributed by atoms with Gasteiger partial charge in [0.15, 0.2) is 0 Å². The quantitative estimate of drug-likeness (QED) is 0.421. The molecule has 0 N–H and O–H groups in total. The summed E-state index contributed by atoms with van der Waals surface area (Å²) < 4.78 is 4.76. The molecule has 0 aromatic rings. The first-order valence-electron chi connectivity index (χ1n) is 3.90. The number of rotatable bonds is 4. The molecule has 2 nitrogen and oxygen atoms in total. The number of alkyl halides is 1. The van der Waals surface area contributed by atoms with Gasteiger partial charge in [0.05, 0.1) is 0 Å². The SMILES string of the molecule is O=C1C=C(CC/C=C/CBr)CO1. The fourth-order valence-corrected chi connectivity index (χ4v) is 1.27. The summed E-state index contributed by atoms with van der Waals surface area (Å²) >= 11 is 3.29. The highest BCUT2D eigenvalue weighted by atomic mass is 79.9. The summed E-state index contributed by atoms with van der Waals surface area (Å²) in [6.45, 7) is 0.487. The largest absolute Gasteiger partial charge is 0.458 e. The number of hydrogen-bond acceptors (Lipinski definition) is 2. The molecule has 0 aliphatic carbocycles. The topological polar surface area (TPSA) is 26.3 Å². The van der Waals surface area contributed by atoms with Crippen LogP contribution in [0.15, 0.2) is 23.8 Å². The maximum absolute atomic E-state index is 10.6. The third kappa shape index (κ3) is 3.22. The first kappa shape index (κ1) is 9.52. The second kappa shape index (κ2) is 5.14. The Bertz CT molecular complexity index is 219. The van der Waals surface area contributed by atoms with Crippen molar-refractivity contribution < 1.29 is 9.53 Å². The third-order valence-electron chi connectivity index (χ3n) is 1.61. The number of ether oxygens (including phenoxy) is 1. The van der Waals surface area contributed by atoms with E-state index < -0.39 is 0 Å². The highest BCUT2D eigenvalue weighted by molar-refractivity contribution is 9.09. The Hall–Kier alpha value is -0.570. The number of hydrogen-bond donors (Lipinski definition) is 0. The Morgan fingerprint density at radius 1 is 1.58 bits per heavy atom. The molecule has 0 amide bonds. The molecule has 3 heteroatoms. The van der Waals surface area contributed by atoms with Gasteiger partial charge in [0.25, 0.3) is 0 Å². The Balaban J connectivity index is 2.20. The molecule has 0 aromatic heterocycles. The van der Waals surface area contributed by atoms with Gasteiger partial charge in [-0.15, -0.1) is 0 Å². The zero-order chi connectivity index (χ0) is 8.81. The molecule has 0 bridgehead atoms. The average molecular weight is 231 g/mol. The predicted molar refractivity (Wildman–Crippen MR) is 51.2 cm³/mol. The van der Waals surface area contributed by atoms with Crippen LogP contribution in [0.5, 0.6) is 0 Å². The van der Waals surface area contributed by atoms with Crippen LogP contribution in [-0.4, -0.2) is 17.9 Å². The number of esters is 1. The number of cyclic esters (lactones) is 1. The lowest BCUT2D eigenvalue weighted by molar-refractivity contribution is -0.134. The number of carbonyl (C=O) groups excluding carboxylic acids is 1. The summed E-state index contributed by atoms with van der Waals surface area (Å²) in [5.74, 6) is -0.200. The van der Waals surface area contributed by atoms with Crippen molar-refractivity contribution in [2.45, 2.75) is 12.8 Å². The molecule has 0 aromatic carbocycles. The van der Waals surface area contributed by atoms with Crippen LogP contribution in [0.3, 0.4) is 0 Å². The number of allylic oxidation sites excluding steroid dienone is 2. The van der Waals surface area contributed by atoms with Crippen LogP contribution in [0, 0.1) is 0 Å². The van der Waals surface area contributed by atoms with Crippen molar-refractivity contribution in [2.24, 2.45) is 0 Å². The first-order chi connectivity index (χ1) is 5.83. The Morgan fingerprint density at radius 3 is 3.00 bits per heavy atom. The van der Waals surface area contributed by atoms with Crippen molar-refractivity contribution >= 4 is 21.9 Å². The minimum atomic E-state index is -0.200. The average Bonchev–Trinajstić information content (AvgIpc) is 2.45. The van der Waals surface area contributed by atoms with E-state index in [0.717, 1.165) is 23.7 Å². The monoisotopic (exact) mass is 230 g/mol. The second-order valence-electron chi connectivity index (χ2n) is 2.57. The van der Waals surface area contributed by atoms with Gasteiger partial charge < -0.3 is 4.74 Å². The maximum Gasteiger partial charge on any atom is 0.331 e. The summed E-state index contributed by atoms with van der Waals surface area (Å²) in [4.78, 5) is 10.6. The molecule has 0 saturated heterocycles. The van der Waals surface area contributed by atoms with Gasteiger partial charge in [-0.2, -0.15) is 0 Å². The van der Waals surface area contributed by atoms with Crippen molar-refractivity contribution in [3.63, 3.8) is 0 Å². The van der Waals surface area contributed by atoms with E-state index >= 15 is 0 Å². The summed E-state index contributed by atoms with van der Waals surface area (Å²) in [7, 11) is 0. The molecule has 1 aliphatic heterocycles. The van der Waals surface area contributed by atoms with E-state index in [2.05, 4.69) is 28.1 Å². The number of carbonyl (C=O) groups is 1. The van der Waals surface area contributed by atoms with E-state index in [9.17, 15) is 4.79 Å². The van der Waals surface area contributed by atoms with Crippen molar-refractivity contribution in [3.8, 4) is 0 Å². The normalized spacial score (nSPS) is 16.8. The van der Waals surface area contributed by atoms with Gasteiger partial charge in [-0.25, -0.2) is 4.79 Å². The lowest BCUT2D eigenvalue weighted by atomic mass is 10.1. The van der Waals surface area contributed by atoms with Gasteiger partial charge in [-0.3, -0.25) is 0 Å². The van der Waals surface area contributed by atoms with Gasteiger partial charge in [0.1, 0.15) is 6.61 Å². The molecule has 66 valence electrons. The zero-order valence-electron chi connectivity index (χ0n) is 6.75. The van der Waals surface area contributed by atoms with Crippen LogP contribution in [0.25, 0.3) is 0 Å². The van der Waals surface area contributed by atoms with E-state index in [4.69, 9.17) is 4.74 Å². The second-order valence-corrected chi connectivity index (χ2v) is 3.22. The molecule has 0 radical (unpaired) electrons. The highest BCUT2D eigenvalue weighted by Gasteiger charge is 2.10. The molecule has 1 rings (SSSR count). The minimum Gasteiger partial charge on any atom is -0.458 e. The molecule has 1 aliphatic rings. The molecule has 0 unspecified atom stereocenters. The Morgan fingerprint density at radius 2 is 2.42 bits per heavy atom. The van der Waals surface area contributed by atoms with Crippen molar-refractivity contribution in [2.75, 3.05) is 11.9 Å². The van der Waals surface area contributed by atoms with Crippen molar-refractivity contribution in [1.29, 1.82) is 0 Å². The summed E-state index contributed by atoms with van der Waals surface area (Å²) in [6.07, 6.45) is 7.64. The first-order valence-corrected chi connectivity index (χ1v) is 5.02. The zero-order valence-corrected chi connectivity index (χ0v) is 8.34. The fourth-order valence-electron chi connectivity index (χ4n) is 1.01. The lowest BCUT2D eigenvalue weighted by Gasteiger charge is -1.94. The molecule has 1 heterocycles. The van der Waals surface area contributed by atoms with E-state index in [0.29, 0.717) is 6.61 Å².